The van der Waals surface area contributed by atoms with Crippen LogP contribution in [0.3, 0.4) is 0 Å². The fourth-order valence-corrected chi connectivity index (χ4v) is 2.16. The number of benzene rings is 1. The third-order valence-corrected chi connectivity index (χ3v) is 3.05. The van der Waals surface area contributed by atoms with Crippen LogP contribution < -0.4 is 5.32 Å². The van der Waals surface area contributed by atoms with Crippen molar-refractivity contribution in [3.05, 3.63) is 35.4 Å². The summed E-state index contributed by atoms with van der Waals surface area (Å²) in [6, 6.07) is 9.30. The molecule has 1 aromatic rings. The van der Waals surface area contributed by atoms with E-state index in [2.05, 4.69) is 57.3 Å². The largest absolute Gasteiger partial charge is 0.310 e. The average molecular weight is 219 g/mol. The Bertz CT molecular complexity index is 304. The van der Waals surface area contributed by atoms with E-state index >= 15 is 0 Å². The highest BCUT2D eigenvalue weighted by Gasteiger charge is 2.16. The molecule has 1 atom stereocenters. The van der Waals surface area contributed by atoms with Gasteiger partial charge in [-0.25, -0.2) is 0 Å². The molecule has 1 heteroatoms. The second-order valence-electron chi connectivity index (χ2n) is 4.73. The second-order valence-corrected chi connectivity index (χ2v) is 4.73. The van der Waals surface area contributed by atoms with Crippen molar-refractivity contribution < 1.29 is 0 Å². The molecule has 0 radical (unpaired) electrons. The van der Waals surface area contributed by atoms with Gasteiger partial charge in [-0.15, -0.1) is 0 Å². The molecule has 0 aromatic heterocycles. The van der Waals surface area contributed by atoms with E-state index in [0.717, 1.165) is 13.0 Å². The molecule has 0 bridgehead atoms. The maximum Gasteiger partial charge on any atom is 0.0346 e. The molecule has 0 aliphatic rings. The van der Waals surface area contributed by atoms with Crippen molar-refractivity contribution in [2.45, 2.75) is 46.6 Å². The molecule has 0 spiro atoms. The summed E-state index contributed by atoms with van der Waals surface area (Å²) in [5.74, 6) is 0.638. The molecule has 1 unspecified atom stereocenters. The third-order valence-electron chi connectivity index (χ3n) is 3.05. The van der Waals surface area contributed by atoms with Crippen LogP contribution in [0.25, 0.3) is 0 Å². The van der Waals surface area contributed by atoms with Gasteiger partial charge in [-0.05, 0) is 36.4 Å². The normalized spacial score (nSPS) is 13.1. The van der Waals surface area contributed by atoms with E-state index in [9.17, 15) is 0 Å². The van der Waals surface area contributed by atoms with Crippen LogP contribution in [0.15, 0.2) is 24.3 Å². The molecule has 0 aliphatic heterocycles. The average Bonchev–Trinajstić information content (AvgIpc) is 2.29. The minimum Gasteiger partial charge on any atom is -0.310 e. The standard InChI is InChI=1S/C15H25N/c1-5-11-16-15(12(3)4)14-10-8-7-9-13(14)6-2/h7-10,12,15-16H,5-6,11H2,1-4H3. The molecule has 0 amide bonds. The zero-order valence-electron chi connectivity index (χ0n) is 11.1. The summed E-state index contributed by atoms with van der Waals surface area (Å²) in [5.41, 5.74) is 2.96. The highest BCUT2D eigenvalue weighted by molar-refractivity contribution is 5.30. The van der Waals surface area contributed by atoms with E-state index in [1.807, 2.05) is 0 Å². The zero-order valence-corrected chi connectivity index (χ0v) is 11.1. The van der Waals surface area contributed by atoms with Crippen LogP contribution in [0, 0.1) is 5.92 Å². The molecule has 0 saturated carbocycles. The van der Waals surface area contributed by atoms with E-state index in [4.69, 9.17) is 0 Å². The van der Waals surface area contributed by atoms with Gasteiger partial charge in [0.05, 0.1) is 0 Å². The fraction of sp³-hybridized carbons (Fsp3) is 0.600. The zero-order chi connectivity index (χ0) is 12.0. The maximum atomic E-state index is 3.66. The molecule has 1 nitrogen and oxygen atoms in total. The Morgan fingerprint density at radius 1 is 1.12 bits per heavy atom. The Kier molecular flexibility index (Phi) is 5.54. The summed E-state index contributed by atoms with van der Waals surface area (Å²) in [5, 5.41) is 3.66. The molecule has 1 rings (SSSR count). The van der Waals surface area contributed by atoms with Gasteiger partial charge in [0.1, 0.15) is 0 Å². The minimum absolute atomic E-state index is 0.496. The lowest BCUT2D eigenvalue weighted by Gasteiger charge is -2.25. The fourth-order valence-electron chi connectivity index (χ4n) is 2.16. The summed E-state index contributed by atoms with van der Waals surface area (Å²) in [6.07, 6.45) is 2.31. The molecule has 0 fully saturated rings. The van der Waals surface area contributed by atoms with Crippen LogP contribution in [0.4, 0.5) is 0 Å². The molecular weight excluding hydrogens is 194 g/mol. The highest BCUT2D eigenvalue weighted by Crippen LogP contribution is 2.25. The lowest BCUT2D eigenvalue weighted by molar-refractivity contribution is 0.410. The summed E-state index contributed by atoms with van der Waals surface area (Å²) in [4.78, 5) is 0. The predicted molar refractivity (Wildman–Crippen MR) is 71.7 cm³/mol. The van der Waals surface area contributed by atoms with Crippen molar-refractivity contribution in [2.24, 2.45) is 5.92 Å². The van der Waals surface area contributed by atoms with Crippen LogP contribution in [0.1, 0.15) is 51.3 Å². The Morgan fingerprint density at radius 3 is 2.38 bits per heavy atom. The number of rotatable bonds is 6. The van der Waals surface area contributed by atoms with Crippen LogP contribution in [0.2, 0.25) is 0 Å². The van der Waals surface area contributed by atoms with Gasteiger partial charge in [0.2, 0.25) is 0 Å². The lowest BCUT2D eigenvalue weighted by Crippen LogP contribution is -2.27. The van der Waals surface area contributed by atoms with Crippen LogP contribution in [-0.4, -0.2) is 6.54 Å². The topological polar surface area (TPSA) is 12.0 Å². The monoisotopic (exact) mass is 219 g/mol. The van der Waals surface area contributed by atoms with E-state index in [1.54, 1.807) is 0 Å². The van der Waals surface area contributed by atoms with Crippen LogP contribution >= 0.6 is 0 Å². The van der Waals surface area contributed by atoms with Crippen molar-refractivity contribution in [2.75, 3.05) is 6.54 Å². The molecule has 1 N–H and O–H groups in total. The minimum atomic E-state index is 0.496. The first-order chi connectivity index (χ1) is 7.70. The molecule has 90 valence electrons. The van der Waals surface area contributed by atoms with Gasteiger partial charge in [0.15, 0.2) is 0 Å². The quantitative estimate of drug-likeness (QED) is 0.764. The van der Waals surface area contributed by atoms with Crippen molar-refractivity contribution >= 4 is 0 Å². The molecular formula is C15H25N. The Labute approximate surface area is 100 Å². The van der Waals surface area contributed by atoms with Gasteiger partial charge >= 0.3 is 0 Å². The van der Waals surface area contributed by atoms with E-state index in [-0.39, 0.29) is 0 Å². The number of hydrogen-bond donors (Lipinski definition) is 1. The predicted octanol–water partition coefficient (Wildman–Crippen LogP) is 3.95. The number of nitrogens with one attached hydrogen (secondary N) is 1. The molecule has 1 aromatic carbocycles. The van der Waals surface area contributed by atoms with Gasteiger partial charge < -0.3 is 5.32 Å². The van der Waals surface area contributed by atoms with Gasteiger partial charge in [-0.1, -0.05) is 52.0 Å². The molecule has 0 heterocycles. The highest BCUT2D eigenvalue weighted by atomic mass is 14.9. The van der Waals surface area contributed by atoms with Gasteiger partial charge in [-0.3, -0.25) is 0 Å². The van der Waals surface area contributed by atoms with Crippen LogP contribution in [0.5, 0.6) is 0 Å². The SMILES string of the molecule is CCCNC(c1ccccc1CC)C(C)C. The number of hydrogen-bond acceptors (Lipinski definition) is 1. The first-order valence-corrected chi connectivity index (χ1v) is 6.51. The Morgan fingerprint density at radius 2 is 1.81 bits per heavy atom. The number of aryl methyl sites for hydroxylation is 1. The maximum absolute atomic E-state index is 3.66. The van der Waals surface area contributed by atoms with Gasteiger partial charge in [0.25, 0.3) is 0 Å². The van der Waals surface area contributed by atoms with Crippen molar-refractivity contribution in [1.82, 2.24) is 5.32 Å². The Balaban J connectivity index is 2.91. The summed E-state index contributed by atoms with van der Waals surface area (Å²) in [7, 11) is 0. The van der Waals surface area contributed by atoms with E-state index < -0.39 is 0 Å². The summed E-state index contributed by atoms with van der Waals surface area (Å²) in [6.45, 7) is 10.1. The van der Waals surface area contributed by atoms with Crippen molar-refractivity contribution in [1.29, 1.82) is 0 Å². The smallest absolute Gasteiger partial charge is 0.0346 e. The molecule has 16 heavy (non-hydrogen) atoms. The molecule has 0 aliphatic carbocycles. The molecule has 0 saturated heterocycles. The second kappa shape index (κ2) is 6.70. The first-order valence-electron chi connectivity index (χ1n) is 6.51. The van der Waals surface area contributed by atoms with E-state index in [1.165, 1.54) is 17.5 Å². The lowest BCUT2D eigenvalue weighted by atomic mass is 9.91. The van der Waals surface area contributed by atoms with Gasteiger partial charge in [-0.2, -0.15) is 0 Å². The summed E-state index contributed by atoms with van der Waals surface area (Å²) < 4.78 is 0. The van der Waals surface area contributed by atoms with Gasteiger partial charge in [0, 0.05) is 6.04 Å². The Hall–Kier alpha value is -0.820. The summed E-state index contributed by atoms with van der Waals surface area (Å²) >= 11 is 0. The van der Waals surface area contributed by atoms with Crippen molar-refractivity contribution in [3.8, 4) is 0 Å². The third kappa shape index (κ3) is 3.34. The first kappa shape index (κ1) is 13.2. The van der Waals surface area contributed by atoms with Crippen molar-refractivity contribution in [3.63, 3.8) is 0 Å². The van der Waals surface area contributed by atoms with E-state index in [0.29, 0.717) is 12.0 Å². The van der Waals surface area contributed by atoms with Crippen LogP contribution in [-0.2, 0) is 6.42 Å².